The van der Waals surface area contributed by atoms with Gasteiger partial charge in [0.2, 0.25) is 5.91 Å². The fraction of sp³-hybridized carbons (Fsp3) is 0.261. The van der Waals surface area contributed by atoms with Crippen molar-refractivity contribution in [3.63, 3.8) is 0 Å². The van der Waals surface area contributed by atoms with Crippen molar-refractivity contribution in [2.45, 2.75) is 32.7 Å². The number of hydrogen-bond donors (Lipinski definition) is 1. The Labute approximate surface area is 174 Å². The van der Waals surface area contributed by atoms with Gasteiger partial charge in [0.05, 0.1) is 11.4 Å². The van der Waals surface area contributed by atoms with Crippen LogP contribution in [0.2, 0.25) is 5.02 Å². The molecule has 1 amide bonds. The molecule has 1 aliphatic carbocycles. The highest BCUT2D eigenvalue weighted by Crippen LogP contribution is 2.25. The fourth-order valence-electron chi connectivity index (χ4n) is 3.72. The monoisotopic (exact) mass is 407 g/mol. The molecule has 0 fully saturated rings. The number of rotatable bonds is 5. The summed E-state index contributed by atoms with van der Waals surface area (Å²) >= 11 is 6.11. The van der Waals surface area contributed by atoms with E-state index in [0.29, 0.717) is 27.8 Å². The first-order valence-corrected chi connectivity index (χ1v) is 10.1. The molecule has 1 unspecified atom stereocenters. The van der Waals surface area contributed by atoms with Crippen molar-refractivity contribution in [3.05, 3.63) is 82.1 Å². The van der Waals surface area contributed by atoms with Crippen molar-refractivity contribution in [1.29, 1.82) is 0 Å². The summed E-state index contributed by atoms with van der Waals surface area (Å²) in [7, 11) is 0. The molecule has 3 aromatic rings. The zero-order valence-corrected chi connectivity index (χ0v) is 16.9. The number of carbonyl (C=O) groups is 2. The normalized spacial score (nSPS) is 15.6. The van der Waals surface area contributed by atoms with Crippen molar-refractivity contribution in [3.8, 4) is 0 Å². The molecule has 0 saturated heterocycles. The van der Waals surface area contributed by atoms with Crippen LogP contribution in [0.1, 0.15) is 40.5 Å². The van der Waals surface area contributed by atoms with E-state index < -0.39 is 0 Å². The third kappa shape index (κ3) is 4.40. The SMILES string of the molecule is CC1CCc2nn(CC(=O)Nc3ccc(Cl)cc3C(=O)c3ccccc3)cc2C1. The van der Waals surface area contributed by atoms with Gasteiger partial charge in [-0.2, -0.15) is 5.10 Å². The summed E-state index contributed by atoms with van der Waals surface area (Å²) in [6, 6.07) is 13.8. The van der Waals surface area contributed by atoms with Gasteiger partial charge in [-0.1, -0.05) is 48.9 Å². The largest absolute Gasteiger partial charge is 0.324 e. The number of halogens is 1. The Balaban J connectivity index is 1.52. The van der Waals surface area contributed by atoms with Crippen LogP contribution in [0, 0.1) is 5.92 Å². The average molecular weight is 408 g/mol. The van der Waals surface area contributed by atoms with Crippen LogP contribution in [-0.2, 0) is 24.2 Å². The van der Waals surface area contributed by atoms with Crippen molar-refractivity contribution in [2.75, 3.05) is 5.32 Å². The first-order chi connectivity index (χ1) is 14.0. The highest BCUT2D eigenvalue weighted by Gasteiger charge is 2.20. The number of fused-ring (bicyclic) bond motifs is 1. The standard InChI is InChI=1S/C23H22ClN3O2/c1-15-7-9-20-17(11-15)13-27(26-20)14-22(28)25-21-10-8-18(24)12-19(21)23(29)16-5-3-2-4-6-16/h2-6,8,10,12-13,15H,7,9,11,14H2,1H3,(H,25,28). The number of ketones is 1. The second-order valence-electron chi connectivity index (χ2n) is 7.58. The molecule has 0 bridgehead atoms. The summed E-state index contributed by atoms with van der Waals surface area (Å²) in [6.45, 7) is 2.34. The summed E-state index contributed by atoms with van der Waals surface area (Å²) in [4.78, 5) is 25.5. The lowest BCUT2D eigenvalue weighted by atomic mass is 9.89. The van der Waals surface area contributed by atoms with E-state index in [1.165, 1.54) is 5.56 Å². The minimum atomic E-state index is -0.234. The van der Waals surface area contributed by atoms with Gasteiger partial charge >= 0.3 is 0 Å². The van der Waals surface area contributed by atoms with Crippen LogP contribution in [0.4, 0.5) is 5.69 Å². The molecule has 5 nitrogen and oxygen atoms in total. The van der Waals surface area contributed by atoms with Crippen LogP contribution in [0.25, 0.3) is 0 Å². The van der Waals surface area contributed by atoms with Gasteiger partial charge in [0, 0.05) is 22.3 Å². The van der Waals surface area contributed by atoms with E-state index in [9.17, 15) is 9.59 Å². The molecule has 0 radical (unpaired) electrons. The molecule has 0 spiro atoms. The van der Waals surface area contributed by atoms with Crippen LogP contribution < -0.4 is 5.32 Å². The van der Waals surface area contributed by atoms with Crippen molar-refractivity contribution >= 4 is 29.0 Å². The summed E-state index contributed by atoms with van der Waals surface area (Å²) in [5.74, 6) is 0.226. The first-order valence-electron chi connectivity index (χ1n) is 9.74. The Hall–Kier alpha value is -2.92. The maximum Gasteiger partial charge on any atom is 0.246 e. The highest BCUT2D eigenvalue weighted by molar-refractivity contribution is 6.31. The van der Waals surface area contributed by atoms with Crippen molar-refractivity contribution in [1.82, 2.24) is 9.78 Å². The molecule has 0 saturated carbocycles. The molecule has 4 rings (SSSR count). The molecule has 1 heterocycles. The first kappa shape index (κ1) is 19.4. The van der Waals surface area contributed by atoms with Gasteiger partial charge in [-0.3, -0.25) is 14.3 Å². The van der Waals surface area contributed by atoms with E-state index >= 15 is 0 Å². The molecule has 2 aromatic carbocycles. The zero-order chi connectivity index (χ0) is 20.4. The molecule has 1 N–H and O–H groups in total. The minimum absolute atomic E-state index is 0.100. The van der Waals surface area contributed by atoms with Crippen LogP contribution in [-0.4, -0.2) is 21.5 Å². The predicted molar refractivity (Wildman–Crippen MR) is 113 cm³/mol. The Morgan fingerprint density at radius 3 is 2.79 bits per heavy atom. The van der Waals surface area contributed by atoms with E-state index in [4.69, 9.17) is 11.6 Å². The van der Waals surface area contributed by atoms with E-state index in [0.717, 1.165) is 25.0 Å². The van der Waals surface area contributed by atoms with Gasteiger partial charge in [-0.05, 0) is 48.9 Å². The second kappa shape index (κ2) is 8.21. The molecule has 148 valence electrons. The number of carbonyl (C=O) groups excluding carboxylic acids is 2. The third-order valence-corrected chi connectivity index (χ3v) is 5.44. The van der Waals surface area contributed by atoms with Crippen LogP contribution in [0.15, 0.2) is 54.7 Å². The highest BCUT2D eigenvalue weighted by atomic mass is 35.5. The zero-order valence-electron chi connectivity index (χ0n) is 16.2. The quantitative estimate of drug-likeness (QED) is 0.632. The fourth-order valence-corrected chi connectivity index (χ4v) is 3.89. The van der Waals surface area contributed by atoms with Gasteiger partial charge in [0.1, 0.15) is 6.54 Å². The van der Waals surface area contributed by atoms with Gasteiger partial charge in [-0.25, -0.2) is 0 Å². The number of nitrogens with zero attached hydrogens (tertiary/aromatic N) is 2. The average Bonchev–Trinajstić information content (AvgIpc) is 3.10. The van der Waals surface area contributed by atoms with E-state index in [2.05, 4.69) is 17.3 Å². The summed E-state index contributed by atoms with van der Waals surface area (Å²) in [5.41, 5.74) is 3.66. The molecule has 29 heavy (non-hydrogen) atoms. The summed E-state index contributed by atoms with van der Waals surface area (Å²) in [5, 5.41) is 7.84. The second-order valence-corrected chi connectivity index (χ2v) is 8.02. The number of hydrogen-bond acceptors (Lipinski definition) is 3. The molecular weight excluding hydrogens is 386 g/mol. The van der Waals surface area contributed by atoms with Gasteiger partial charge in [0.15, 0.2) is 5.78 Å². The number of aromatic nitrogens is 2. The molecule has 1 aromatic heterocycles. The van der Waals surface area contributed by atoms with Gasteiger partial charge < -0.3 is 5.32 Å². The van der Waals surface area contributed by atoms with Crippen molar-refractivity contribution < 1.29 is 9.59 Å². The molecular formula is C23H22ClN3O2. The smallest absolute Gasteiger partial charge is 0.246 e. The lowest BCUT2D eigenvalue weighted by molar-refractivity contribution is -0.116. The number of nitrogens with one attached hydrogen (secondary N) is 1. The Morgan fingerprint density at radius 2 is 2.00 bits per heavy atom. The Bertz CT molecular complexity index is 1060. The topological polar surface area (TPSA) is 64.0 Å². The van der Waals surface area contributed by atoms with Crippen LogP contribution in [0.5, 0.6) is 0 Å². The number of amides is 1. The minimum Gasteiger partial charge on any atom is -0.324 e. The molecule has 1 aliphatic rings. The Morgan fingerprint density at radius 1 is 1.21 bits per heavy atom. The Kier molecular flexibility index (Phi) is 5.49. The van der Waals surface area contributed by atoms with Crippen LogP contribution in [0.3, 0.4) is 0 Å². The molecule has 6 heteroatoms. The number of benzene rings is 2. The third-order valence-electron chi connectivity index (χ3n) is 5.21. The maximum atomic E-state index is 12.9. The van der Waals surface area contributed by atoms with E-state index in [-0.39, 0.29) is 18.2 Å². The van der Waals surface area contributed by atoms with Crippen LogP contribution >= 0.6 is 11.6 Å². The molecule has 0 aliphatic heterocycles. The summed E-state index contributed by atoms with van der Waals surface area (Å²) in [6.07, 6.45) is 5.05. The maximum absolute atomic E-state index is 12.9. The lowest BCUT2D eigenvalue weighted by Gasteiger charge is -2.15. The number of aryl methyl sites for hydroxylation is 1. The van der Waals surface area contributed by atoms with E-state index in [1.807, 2.05) is 12.3 Å². The van der Waals surface area contributed by atoms with Gasteiger partial charge in [-0.15, -0.1) is 0 Å². The predicted octanol–water partition coefficient (Wildman–Crippen LogP) is 4.53. The van der Waals surface area contributed by atoms with Crippen molar-refractivity contribution in [2.24, 2.45) is 5.92 Å². The summed E-state index contributed by atoms with van der Waals surface area (Å²) < 4.78 is 1.69. The van der Waals surface area contributed by atoms with Gasteiger partial charge in [0.25, 0.3) is 0 Å². The van der Waals surface area contributed by atoms with E-state index in [1.54, 1.807) is 47.1 Å². The number of anilines is 1. The molecule has 1 atom stereocenters. The lowest BCUT2D eigenvalue weighted by Crippen LogP contribution is -2.21.